The molecule has 0 amide bonds. The van der Waals surface area contributed by atoms with Crippen LogP contribution in [-0.4, -0.2) is 12.0 Å². The first-order chi connectivity index (χ1) is 7.84. The standard InChI is InChI=1S/C14H17ClO/c15-13(10-4-5-10)7-6-11-2-1-3-12-8-9-16-14(11)12/h1-3,10,13H,4-9H2. The van der Waals surface area contributed by atoms with Crippen LogP contribution in [0.3, 0.4) is 0 Å². The summed E-state index contributed by atoms with van der Waals surface area (Å²) >= 11 is 6.34. The van der Waals surface area contributed by atoms with Gasteiger partial charge in [-0.15, -0.1) is 11.6 Å². The Bertz CT molecular complexity index is 384. The van der Waals surface area contributed by atoms with E-state index in [0.29, 0.717) is 5.38 Å². The highest BCUT2D eigenvalue weighted by molar-refractivity contribution is 6.20. The van der Waals surface area contributed by atoms with Crippen LogP contribution in [0.1, 0.15) is 30.4 Å². The summed E-state index contributed by atoms with van der Waals surface area (Å²) in [5, 5.41) is 0.372. The van der Waals surface area contributed by atoms with E-state index in [2.05, 4.69) is 18.2 Å². The largest absolute Gasteiger partial charge is 0.493 e. The number of hydrogen-bond donors (Lipinski definition) is 0. The van der Waals surface area contributed by atoms with Crippen molar-refractivity contribution in [2.24, 2.45) is 5.92 Å². The van der Waals surface area contributed by atoms with Crippen LogP contribution in [0.5, 0.6) is 5.75 Å². The maximum Gasteiger partial charge on any atom is 0.125 e. The molecule has 1 unspecified atom stereocenters. The van der Waals surface area contributed by atoms with Crippen molar-refractivity contribution in [1.82, 2.24) is 0 Å². The van der Waals surface area contributed by atoms with Crippen LogP contribution in [0.15, 0.2) is 18.2 Å². The molecule has 0 aromatic heterocycles. The number of aryl methyl sites for hydroxylation is 1. The smallest absolute Gasteiger partial charge is 0.125 e. The van der Waals surface area contributed by atoms with Gasteiger partial charge < -0.3 is 4.74 Å². The minimum atomic E-state index is 0.372. The summed E-state index contributed by atoms with van der Waals surface area (Å²) < 4.78 is 5.69. The minimum Gasteiger partial charge on any atom is -0.493 e. The Labute approximate surface area is 102 Å². The van der Waals surface area contributed by atoms with E-state index in [4.69, 9.17) is 16.3 Å². The van der Waals surface area contributed by atoms with Crippen molar-refractivity contribution in [1.29, 1.82) is 0 Å². The monoisotopic (exact) mass is 236 g/mol. The van der Waals surface area contributed by atoms with E-state index < -0.39 is 0 Å². The summed E-state index contributed by atoms with van der Waals surface area (Å²) in [5.74, 6) is 1.93. The molecule has 2 aliphatic rings. The lowest BCUT2D eigenvalue weighted by Gasteiger charge is -2.10. The highest BCUT2D eigenvalue weighted by Gasteiger charge is 2.29. The normalized spacial score (nSPS) is 20.3. The van der Waals surface area contributed by atoms with Crippen molar-refractivity contribution in [2.75, 3.05) is 6.61 Å². The van der Waals surface area contributed by atoms with Gasteiger partial charge in [-0.05, 0) is 42.7 Å². The zero-order valence-electron chi connectivity index (χ0n) is 9.42. The maximum absolute atomic E-state index is 6.34. The molecule has 0 bridgehead atoms. The lowest BCUT2D eigenvalue weighted by Crippen LogP contribution is -2.03. The molecule has 0 spiro atoms. The lowest BCUT2D eigenvalue weighted by atomic mass is 10.0. The molecule has 1 aliphatic carbocycles. The molecule has 1 aliphatic heterocycles. The maximum atomic E-state index is 6.34. The second-order valence-electron chi connectivity index (χ2n) is 4.90. The quantitative estimate of drug-likeness (QED) is 0.727. The molecule has 1 saturated carbocycles. The highest BCUT2D eigenvalue weighted by Crippen LogP contribution is 2.38. The number of halogens is 1. The van der Waals surface area contributed by atoms with E-state index in [0.717, 1.165) is 37.5 Å². The number of hydrogen-bond acceptors (Lipinski definition) is 1. The average molecular weight is 237 g/mol. The Morgan fingerprint density at radius 1 is 1.38 bits per heavy atom. The molecule has 2 heteroatoms. The third-order valence-corrected chi connectivity index (χ3v) is 4.19. The molecule has 1 aromatic rings. The number of ether oxygens (including phenoxy) is 1. The van der Waals surface area contributed by atoms with Gasteiger partial charge in [-0.25, -0.2) is 0 Å². The summed E-state index contributed by atoms with van der Waals surface area (Å²) in [5.41, 5.74) is 2.72. The number of rotatable bonds is 4. The van der Waals surface area contributed by atoms with Gasteiger partial charge in [0.1, 0.15) is 5.75 Å². The van der Waals surface area contributed by atoms with Crippen molar-refractivity contribution in [3.8, 4) is 5.75 Å². The first kappa shape index (κ1) is 10.5. The van der Waals surface area contributed by atoms with Gasteiger partial charge >= 0.3 is 0 Å². The van der Waals surface area contributed by atoms with E-state index in [1.807, 2.05) is 0 Å². The van der Waals surface area contributed by atoms with Gasteiger partial charge in [-0.1, -0.05) is 18.2 Å². The average Bonchev–Trinajstić information content (AvgIpc) is 3.04. The third kappa shape index (κ3) is 2.06. The van der Waals surface area contributed by atoms with Gasteiger partial charge in [0.2, 0.25) is 0 Å². The molecule has 0 radical (unpaired) electrons. The number of benzene rings is 1. The second-order valence-corrected chi connectivity index (χ2v) is 5.46. The number of alkyl halides is 1. The van der Waals surface area contributed by atoms with Crippen LogP contribution < -0.4 is 4.74 Å². The van der Waals surface area contributed by atoms with Crippen molar-refractivity contribution in [2.45, 2.75) is 37.5 Å². The van der Waals surface area contributed by atoms with Crippen LogP contribution in [0.2, 0.25) is 0 Å². The van der Waals surface area contributed by atoms with Gasteiger partial charge in [0.15, 0.2) is 0 Å². The molecule has 1 fully saturated rings. The molecule has 0 saturated heterocycles. The van der Waals surface area contributed by atoms with E-state index in [-0.39, 0.29) is 0 Å². The molecule has 0 N–H and O–H groups in total. The summed E-state index contributed by atoms with van der Waals surface area (Å²) in [7, 11) is 0. The molecular formula is C14H17ClO. The van der Waals surface area contributed by atoms with Crippen LogP contribution in [0.25, 0.3) is 0 Å². The third-order valence-electron chi connectivity index (χ3n) is 3.62. The van der Waals surface area contributed by atoms with Crippen LogP contribution in [0.4, 0.5) is 0 Å². The first-order valence-corrected chi connectivity index (χ1v) is 6.66. The van der Waals surface area contributed by atoms with Crippen molar-refractivity contribution >= 4 is 11.6 Å². The Hall–Kier alpha value is -0.690. The Morgan fingerprint density at radius 2 is 2.25 bits per heavy atom. The van der Waals surface area contributed by atoms with Crippen LogP contribution in [-0.2, 0) is 12.8 Å². The summed E-state index contributed by atoms with van der Waals surface area (Å²) in [4.78, 5) is 0. The summed E-state index contributed by atoms with van der Waals surface area (Å²) in [6.45, 7) is 0.847. The van der Waals surface area contributed by atoms with Gasteiger partial charge in [-0.2, -0.15) is 0 Å². The van der Waals surface area contributed by atoms with E-state index in [9.17, 15) is 0 Å². The molecule has 1 nitrogen and oxygen atoms in total. The Morgan fingerprint density at radius 3 is 3.06 bits per heavy atom. The second kappa shape index (κ2) is 4.29. The Balaban J connectivity index is 1.67. The van der Waals surface area contributed by atoms with Crippen LogP contribution >= 0.6 is 11.6 Å². The predicted octanol–water partition coefficient (Wildman–Crippen LogP) is 3.57. The van der Waals surface area contributed by atoms with Crippen LogP contribution in [0, 0.1) is 5.92 Å². The number of fused-ring (bicyclic) bond motifs is 1. The molecule has 86 valence electrons. The van der Waals surface area contributed by atoms with Gasteiger partial charge in [0.05, 0.1) is 6.61 Å². The Kier molecular flexibility index (Phi) is 2.81. The number of para-hydroxylation sites is 1. The van der Waals surface area contributed by atoms with E-state index >= 15 is 0 Å². The summed E-state index contributed by atoms with van der Waals surface area (Å²) in [6, 6.07) is 6.49. The lowest BCUT2D eigenvalue weighted by molar-refractivity contribution is 0.353. The predicted molar refractivity (Wildman–Crippen MR) is 66.3 cm³/mol. The zero-order valence-corrected chi connectivity index (χ0v) is 10.2. The molecule has 1 atom stereocenters. The SMILES string of the molecule is ClC(CCc1cccc2c1OCC2)C1CC1. The highest BCUT2D eigenvalue weighted by atomic mass is 35.5. The van der Waals surface area contributed by atoms with E-state index in [1.54, 1.807) is 0 Å². The van der Waals surface area contributed by atoms with Crippen molar-refractivity contribution in [3.05, 3.63) is 29.3 Å². The van der Waals surface area contributed by atoms with Gasteiger partial charge in [0.25, 0.3) is 0 Å². The molecule has 1 aromatic carbocycles. The van der Waals surface area contributed by atoms with Gasteiger partial charge in [0, 0.05) is 11.8 Å². The van der Waals surface area contributed by atoms with Crippen molar-refractivity contribution in [3.63, 3.8) is 0 Å². The fraction of sp³-hybridized carbons (Fsp3) is 0.571. The molecular weight excluding hydrogens is 220 g/mol. The fourth-order valence-electron chi connectivity index (χ4n) is 2.47. The van der Waals surface area contributed by atoms with Gasteiger partial charge in [-0.3, -0.25) is 0 Å². The minimum absolute atomic E-state index is 0.372. The summed E-state index contributed by atoms with van der Waals surface area (Å²) in [6.07, 6.45) is 5.88. The molecule has 1 heterocycles. The first-order valence-electron chi connectivity index (χ1n) is 6.22. The van der Waals surface area contributed by atoms with E-state index in [1.165, 1.54) is 24.0 Å². The zero-order chi connectivity index (χ0) is 11.0. The van der Waals surface area contributed by atoms with Crippen molar-refractivity contribution < 1.29 is 4.74 Å². The molecule has 16 heavy (non-hydrogen) atoms. The molecule has 3 rings (SSSR count). The topological polar surface area (TPSA) is 9.23 Å². The fourth-order valence-corrected chi connectivity index (χ4v) is 2.83.